The highest BCUT2D eigenvalue weighted by Crippen LogP contribution is 2.30. The normalized spacial score (nSPS) is 26.8. The molecule has 3 heteroatoms. The largest absolute Gasteiger partial charge is 0.368 e. The van der Waals surface area contributed by atoms with E-state index in [-0.39, 0.29) is 0 Å². The molecule has 1 fully saturated rings. The molecule has 3 unspecified atom stereocenters. The van der Waals surface area contributed by atoms with Crippen LogP contribution in [0.5, 0.6) is 0 Å². The Bertz CT molecular complexity index is 404. The minimum absolute atomic E-state index is 0.596. The third-order valence-corrected chi connectivity index (χ3v) is 5.37. The molecular weight excluding hydrogens is 264 g/mol. The standard InChI is InChI=1S/C17H28N2S/c1-5-11-18-17-10-12-19(14(3)13(17)2)15-6-8-16(20-4)9-7-15/h6-9,13-14,17-18H,5,10-12H2,1-4H3. The first-order valence-corrected chi connectivity index (χ1v) is 9.04. The Morgan fingerprint density at radius 3 is 2.55 bits per heavy atom. The van der Waals surface area contributed by atoms with Gasteiger partial charge in [-0.05, 0) is 62.7 Å². The first kappa shape index (κ1) is 15.7. The van der Waals surface area contributed by atoms with Crippen molar-refractivity contribution in [2.24, 2.45) is 5.92 Å². The first-order valence-electron chi connectivity index (χ1n) is 7.81. The second-order valence-corrected chi connectivity index (χ2v) is 6.72. The number of piperidine rings is 1. The summed E-state index contributed by atoms with van der Waals surface area (Å²) in [6, 6.07) is 10.3. The molecule has 3 atom stereocenters. The second-order valence-electron chi connectivity index (χ2n) is 5.84. The lowest BCUT2D eigenvalue weighted by molar-refractivity contribution is 0.271. The quantitative estimate of drug-likeness (QED) is 0.826. The van der Waals surface area contributed by atoms with E-state index in [1.807, 2.05) is 0 Å². The molecular formula is C17H28N2S. The fourth-order valence-electron chi connectivity index (χ4n) is 3.12. The Hall–Kier alpha value is -0.670. The zero-order chi connectivity index (χ0) is 14.5. The van der Waals surface area contributed by atoms with Crippen molar-refractivity contribution >= 4 is 17.4 Å². The molecule has 1 aromatic rings. The first-order chi connectivity index (χ1) is 9.67. The van der Waals surface area contributed by atoms with Gasteiger partial charge in [0.15, 0.2) is 0 Å². The van der Waals surface area contributed by atoms with Gasteiger partial charge in [0, 0.05) is 29.2 Å². The van der Waals surface area contributed by atoms with E-state index in [1.165, 1.54) is 23.4 Å². The number of thioether (sulfide) groups is 1. The van der Waals surface area contributed by atoms with Crippen LogP contribution in [0.15, 0.2) is 29.2 Å². The minimum atomic E-state index is 0.596. The van der Waals surface area contributed by atoms with Crippen LogP contribution < -0.4 is 10.2 Å². The zero-order valence-electron chi connectivity index (χ0n) is 13.2. The van der Waals surface area contributed by atoms with Crippen molar-refractivity contribution in [3.05, 3.63) is 24.3 Å². The van der Waals surface area contributed by atoms with Crippen molar-refractivity contribution in [1.29, 1.82) is 0 Å². The van der Waals surface area contributed by atoms with Gasteiger partial charge in [0.2, 0.25) is 0 Å². The lowest BCUT2D eigenvalue weighted by Gasteiger charge is -2.44. The van der Waals surface area contributed by atoms with Gasteiger partial charge >= 0.3 is 0 Å². The van der Waals surface area contributed by atoms with E-state index in [4.69, 9.17) is 0 Å². The summed E-state index contributed by atoms with van der Waals surface area (Å²) in [5.74, 6) is 0.690. The zero-order valence-corrected chi connectivity index (χ0v) is 14.0. The van der Waals surface area contributed by atoms with Crippen molar-refractivity contribution in [3.8, 4) is 0 Å². The van der Waals surface area contributed by atoms with Gasteiger partial charge in [-0.2, -0.15) is 0 Å². The minimum Gasteiger partial charge on any atom is -0.368 e. The van der Waals surface area contributed by atoms with E-state index in [1.54, 1.807) is 11.8 Å². The summed E-state index contributed by atoms with van der Waals surface area (Å²) < 4.78 is 0. The lowest BCUT2D eigenvalue weighted by Crippen LogP contribution is -2.53. The van der Waals surface area contributed by atoms with E-state index in [0.29, 0.717) is 18.0 Å². The predicted molar refractivity (Wildman–Crippen MR) is 90.9 cm³/mol. The molecule has 1 saturated heterocycles. The van der Waals surface area contributed by atoms with Crippen molar-refractivity contribution in [1.82, 2.24) is 5.32 Å². The van der Waals surface area contributed by atoms with Crippen molar-refractivity contribution in [2.75, 3.05) is 24.2 Å². The summed E-state index contributed by atoms with van der Waals surface area (Å²) in [5, 5.41) is 3.71. The van der Waals surface area contributed by atoms with Gasteiger partial charge < -0.3 is 10.2 Å². The molecule has 0 amide bonds. The van der Waals surface area contributed by atoms with Crippen LogP contribution in [-0.4, -0.2) is 31.4 Å². The van der Waals surface area contributed by atoms with Crippen LogP contribution >= 0.6 is 11.8 Å². The number of benzene rings is 1. The van der Waals surface area contributed by atoms with Gasteiger partial charge in [-0.25, -0.2) is 0 Å². The van der Waals surface area contributed by atoms with E-state index in [0.717, 1.165) is 13.1 Å². The van der Waals surface area contributed by atoms with E-state index < -0.39 is 0 Å². The summed E-state index contributed by atoms with van der Waals surface area (Å²) in [6.07, 6.45) is 4.60. The third kappa shape index (κ3) is 3.50. The SMILES string of the molecule is CCCNC1CCN(c2ccc(SC)cc2)C(C)C1C. The molecule has 20 heavy (non-hydrogen) atoms. The van der Waals surface area contributed by atoms with Crippen molar-refractivity contribution in [2.45, 2.75) is 50.6 Å². The molecule has 112 valence electrons. The third-order valence-electron chi connectivity index (χ3n) is 4.63. The maximum Gasteiger partial charge on any atom is 0.0369 e. The summed E-state index contributed by atoms with van der Waals surface area (Å²) in [5.41, 5.74) is 1.37. The summed E-state index contributed by atoms with van der Waals surface area (Å²) >= 11 is 1.81. The fourth-order valence-corrected chi connectivity index (χ4v) is 3.53. The molecule has 0 spiro atoms. The molecule has 0 bridgehead atoms. The van der Waals surface area contributed by atoms with Gasteiger partial charge in [-0.3, -0.25) is 0 Å². The molecule has 1 aliphatic rings. The van der Waals surface area contributed by atoms with Gasteiger partial charge in [0.25, 0.3) is 0 Å². The Morgan fingerprint density at radius 2 is 1.95 bits per heavy atom. The van der Waals surface area contributed by atoms with Crippen molar-refractivity contribution in [3.63, 3.8) is 0 Å². The van der Waals surface area contributed by atoms with Crippen LogP contribution in [0.4, 0.5) is 5.69 Å². The number of nitrogens with zero attached hydrogens (tertiary/aromatic N) is 1. The maximum atomic E-state index is 3.71. The molecule has 2 nitrogen and oxygen atoms in total. The van der Waals surface area contributed by atoms with Gasteiger partial charge in [0.1, 0.15) is 0 Å². The molecule has 0 aliphatic carbocycles. The van der Waals surface area contributed by atoms with Crippen LogP contribution in [0.3, 0.4) is 0 Å². The smallest absolute Gasteiger partial charge is 0.0369 e. The van der Waals surface area contributed by atoms with Gasteiger partial charge in [0.05, 0.1) is 0 Å². The Balaban J connectivity index is 2.03. The molecule has 0 aromatic heterocycles. The number of hydrogen-bond acceptors (Lipinski definition) is 3. The number of anilines is 1. The summed E-state index contributed by atoms with van der Waals surface area (Å²) in [7, 11) is 0. The number of rotatable bonds is 5. The van der Waals surface area contributed by atoms with Gasteiger partial charge in [-0.1, -0.05) is 13.8 Å². The molecule has 2 rings (SSSR count). The maximum absolute atomic E-state index is 3.71. The summed E-state index contributed by atoms with van der Waals surface area (Å²) in [6.45, 7) is 9.30. The van der Waals surface area contributed by atoms with Gasteiger partial charge in [-0.15, -0.1) is 11.8 Å². The molecule has 1 heterocycles. The Kier molecular flexibility index (Phi) is 5.79. The average molecular weight is 292 g/mol. The van der Waals surface area contributed by atoms with E-state index in [2.05, 4.69) is 61.5 Å². The highest BCUT2D eigenvalue weighted by Gasteiger charge is 2.31. The Morgan fingerprint density at radius 1 is 1.25 bits per heavy atom. The Labute approximate surface area is 128 Å². The molecule has 0 saturated carbocycles. The number of hydrogen-bond donors (Lipinski definition) is 1. The molecule has 1 aromatic carbocycles. The number of nitrogens with one attached hydrogen (secondary N) is 1. The average Bonchev–Trinajstić information content (AvgIpc) is 2.49. The van der Waals surface area contributed by atoms with Crippen LogP contribution in [0.25, 0.3) is 0 Å². The van der Waals surface area contributed by atoms with Crippen LogP contribution in [0.1, 0.15) is 33.6 Å². The van der Waals surface area contributed by atoms with E-state index >= 15 is 0 Å². The van der Waals surface area contributed by atoms with Crippen molar-refractivity contribution < 1.29 is 0 Å². The highest BCUT2D eigenvalue weighted by atomic mass is 32.2. The molecule has 0 radical (unpaired) electrons. The van der Waals surface area contributed by atoms with Crippen LogP contribution in [-0.2, 0) is 0 Å². The fraction of sp³-hybridized carbons (Fsp3) is 0.647. The van der Waals surface area contributed by atoms with E-state index in [9.17, 15) is 0 Å². The van der Waals surface area contributed by atoms with Crippen LogP contribution in [0, 0.1) is 5.92 Å². The predicted octanol–water partition coefficient (Wildman–Crippen LogP) is 4.01. The summed E-state index contributed by atoms with van der Waals surface area (Å²) in [4.78, 5) is 3.91. The highest BCUT2D eigenvalue weighted by molar-refractivity contribution is 7.98. The lowest BCUT2D eigenvalue weighted by atomic mass is 9.86. The monoisotopic (exact) mass is 292 g/mol. The van der Waals surface area contributed by atoms with Crippen LogP contribution in [0.2, 0.25) is 0 Å². The second kappa shape index (κ2) is 7.37. The molecule has 1 N–H and O–H groups in total. The molecule has 1 aliphatic heterocycles. The topological polar surface area (TPSA) is 15.3 Å².